The van der Waals surface area contributed by atoms with Gasteiger partial charge in [0.2, 0.25) is 0 Å². The summed E-state index contributed by atoms with van der Waals surface area (Å²) in [5, 5.41) is 0. The Bertz CT molecular complexity index is 380. The molecule has 0 aromatic heterocycles. The molecule has 1 fully saturated rings. The van der Waals surface area contributed by atoms with Gasteiger partial charge in [-0.15, -0.1) is 0 Å². The summed E-state index contributed by atoms with van der Waals surface area (Å²) in [7, 11) is 0. The van der Waals surface area contributed by atoms with E-state index in [1.54, 1.807) is 0 Å². The quantitative estimate of drug-likeness (QED) is 0.692. The summed E-state index contributed by atoms with van der Waals surface area (Å²) in [6, 6.07) is 11.5. The van der Waals surface area contributed by atoms with Crippen molar-refractivity contribution in [2.45, 2.75) is 38.1 Å². The van der Waals surface area contributed by atoms with Crippen LogP contribution >= 0.6 is 0 Å². The Kier molecular flexibility index (Phi) is 2.12. The summed E-state index contributed by atoms with van der Waals surface area (Å²) in [5.74, 6) is 1.55. The fourth-order valence-electron chi connectivity index (χ4n) is 2.68. The molecule has 1 aromatic carbocycles. The van der Waals surface area contributed by atoms with Crippen LogP contribution in [0.25, 0.3) is 0 Å². The minimum absolute atomic E-state index is 0.581. The van der Waals surface area contributed by atoms with Gasteiger partial charge in [-0.1, -0.05) is 30.3 Å². The SMILES string of the molecule is CC1CCC(C2CC2c2ccccc2)=N1. The van der Waals surface area contributed by atoms with E-state index < -0.39 is 0 Å². The molecule has 0 N–H and O–H groups in total. The standard InChI is InChI=1S/C14H17N/c1-10-7-8-14(15-10)13-9-12(13)11-5-3-2-4-6-11/h2-6,10,12-13H,7-9H2,1H3. The first kappa shape index (κ1) is 9.14. The maximum absolute atomic E-state index is 4.74. The number of hydrogen-bond acceptors (Lipinski definition) is 1. The van der Waals surface area contributed by atoms with E-state index in [0.29, 0.717) is 6.04 Å². The highest BCUT2D eigenvalue weighted by atomic mass is 14.8. The fourth-order valence-corrected chi connectivity index (χ4v) is 2.68. The normalized spacial score (nSPS) is 33.9. The highest BCUT2D eigenvalue weighted by molar-refractivity contribution is 5.91. The van der Waals surface area contributed by atoms with Crippen molar-refractivity contribution in [1.29, 1.82) is 0 Å². The van der Waals surface area contributed by atoms with Crippen molar-refractivity contribution in [3.05, 3.63) is 35.9 Å². The van der Waals surface area contributed by atoms with E-state index in [2.05, 4.69) is 37.3 Å². The van der Waals surface area contributed by atoms with Crippen LogP contribution in [0.5, 0.6) is 0 Å². The molecule has 0 spiro atoms. The lowest BCUT2D eigenvalue weighted by atomic mass is 10.1. The van der Waals surface area contributed by atoms with E-state index in [0.717, 1.165) is 11.8 Å². The molecule has 2 aliphatic rings. The number of benzene rings is 1. The van der Waals surface area contributed by atoms with Crippen LogP contribution in [-0.4, -0.2) is 11.8 Å². The summed E-state index contributed by atoms with van der Waals surface area (Å²) < 4.78 is 0. The second kappa shape index (κ2) is 3.48. The van der Waals surface area contributed by atoms with Crippen molar-refractivity contribution in [3.63, 3.8) is 0 Å². The van der Waals surface area contributed by atoms with Crippen molar-refractivity contribution in [3.8, 4) is 0 Å². The lowest BCUT2D eigenvalue weighted by Crippen LogP contribution is -1.97. The summed E-state index contributed by atoms with van der Waals surface area (Å²) in [6.07, 6.45) is 3.85. The molecule has 1 nitrogen and oxygen atoms in total. The van der Waals surface area contributed by atoms with Gasteiger partial charge in [-0.25, -0.2) is 0 Å². The van der Waals surface area contributed by atoms with Gasteiger partial charge in [0.15, 0.2) is 0 Å². The monoisotopic (exact) mass is 199 g/mol. The minimum atomic E-state index is 0.581. The van der Waals surface area contributed by atoms with Crippen LogP contribution in [0.1, 0.15) is 37.7 Å². The van der Waals surface area contributed by atoms with Gasteiger partial charge in [-0.05, 0) is 37.7 Å². The highest BCUT2D eigenvalue weighted by Gasteiger charge is 2.42. The second-order valence-electron chi connectivity index (χ2n) is 4.87. The zero-order valence-corrected chi connectivity index (χ0v) is 9.19. The third-order valence-corrected chi connectivity index (χ3v) is 3.65. The van der Waals surface area contributed by atoms with Crippen LogP contribution in [0.3, 0.4) is 0 Å². The maximum Gasteiger partial charge on any atom is 0.0474 e. The number of rotatable bonds is 2. The molecular formula is C14H17N. The molecular weight excluding hydrogens is 182 g/mol. The fraction of sp³-hybridized carbons (Fsp3) is 0.500. The Morgan fingerprint density at radius 2 is 1.93 bits per heavy atom. The van der Waals surface area contributed by atoms with E-state index in [1.807, 2.05) is 0 Å². The van der Waals surface area contributed by atoms with E-state index in [9.17, 15) is 0 Å². The van der Waals surface area contributed by atoms with E-state index in [1.165, 1.54) is 30.5 Å². The Labute approximate surface area is 91.2 Å². The first-order valence-corrected chi connectivity index (χ1v) is 5.96. The van der Waals surface area contributed by atoms with Gasteiger partial charge in [0.25, 0.3) is 0 Å². The molecule has 0 radical (unpaired) electrons. The second-order valence-corrected chi connectivity index (χ2v) is 4.87. The Morgan fingerprint density at radius 3 is 2.60 bits per heavy atom. The van der Waals surface area contributed by atoms with E-state index in [4.69, 9.17) is 4.99 Å². The van der Waals surface area contributed by atoms with Crippen LogP contribution in [0, 0.1) is 5.92 Å². The van der Waals surface area contributed by atoms with Crippen molar-refractivity contribution in [2.75, 3.05) is 0 Å². The molecule has 78 valence electrons. The van der Waals surface area contributed by atoms with Crippen LogP contribution in [0.15, 0.2) is 35.3 Å². The zero-order chi connectivity index (χ0) is 10.3. The van der Waals surface area contributed by atoms with Gasteiger partial charge in [0.1, 0.15) is 0 Å². The van der Waals surface area contributed by atoms with E-state index in [-0.39, 0.29) is 0 Å². The predicted octanol–water partition coefficient (Wildman–Crippen LogP) is 3.41. The van der Waals surface area contributed by atoms with Crippen molar-refractivity contribution in [1.82, 2.24) is 0 Å². The lowest BCUT2D eigenvalue weighted by molar-refractivity contribution is 0.738. The molecule has 3 atom stereocenters. The molecule has 3 rings (SSSR count). The molecule has 0 bridgehead atoms. The van der Waals surface area contributed by atoms with Gasteiger partial charge < -0.3 is 0 Å². The molecule has 1 heterocycles. The Balaban J connectivity index is 1.72. The summed E-state index contributed by atoms with van der Waals surface area (Å²) >= 11 is 0. The molecule has 0 amide bonds. The van der Waals surface area contributed by atoms with Crippen LogP contribution in [0.2, 0.25) is 0 Å². The smallest absolute Gasteiger partial charge is 0.0474 e. The van der Waals surface area contributed by atoms with Crippen LogP contribution in [-0.2, 0) is 0 Å². The number of nitrogens with zero attached hydrogens (tertiary/aromatic N) is 1. The van der Waals surface area contributed by atoms with E-state index >= 15 is 0 Å². The summed E-state index contributed by atoms with van der Waals surface area (Å²) in [4.78, 5) is 4.74. The average Bonchev–Trinajstić information content (AvgIpc) is 2.96. The van der Waals surface area contributed by atoms with Crippen molar-refractivity contribution in [2.24, 2.45) is 10.9 Å². The molecule has 1 aliphatic carbocycles. The molecule has 1 aromatic rings. The third kappa shape index (κ3) is 1.71. The predicted molar refractivity (Wildman–Crippen MR) is 63.4 cm³/mol. The maximum atomic E-state index is 4.74. The molecule has 1 saturated carbocycles. The van der Waals surface area contributed by atoms with Crippen molar-refractivity contribution >= 4 is 5.71 Å². The zero-order valence-electron chi connectivity index (χ0n) is 9.19. The Hall–Kier alpha value is -1.11. The summed E-state index contributed by atoms with van der Waals surface area (Å²) in [6.45, 7) is 2.23. The Morgan fingerprint density at radius 1 is 1.13 bits per heavy atom. The molecule has 0 saturated heterocycles. The minimum Gasteiger partial charge on any atom is -0.291 e. The third-order valence-electron chi connectivity index (χ3n) is 3.65. The van der Waals surface area contributed by atoms with Crippen LogP contribution in [0.4, 0.5) is 0 Å². The first-order chi connectivity index (χ1) is 7.34. The van der Waals surface area contributed by atoms with Crippen LogP contribution < -0.4 is 0 Å². The average molecular weight is 199 g/mol. The van der Waals surface area contributed by atoms with Gasteiger partial charge >= 0.3 is 0 Å². The largest absolute Gasteiger partial charge is 0.291 e. The van der Waals surface area contributed by atoms with Gasteiger partial charge in [-0.2, -0.15) is 0 Å². The lowest BCUT2D eigenvalue weighted by Gasteiger charge is -1.99. The molecule has 1 heteroatoms. The topological polar surface area (TPSA) is 12.4 Å². The molecule has 3 unspecified atom stereocenters. The van der Waals surface area contributed by atoms with Gasteiger partial charge in [0.05, 0.1) is 0 Å². The van der Waals surface area contributed by atoms with Crippen molar-refractivity contribution < 1.29 is 0 Å². The highest BCUT2D eigenvalue weighted by Crippen LogP contribution is 2.50. The molecule has 15 heavy (non-hydrogen) atoms. The van der Waals surface area contributed by atoms with Gasteiger partial charge in [0, 0.05) is 17.7 Å². The first-order valence-electron chi connectivity index (χ1n) is 5.96. The van der Waals surface area contributed by atoms with Gasteiger partial charge in [-0.3, -0.25) is 4.99 Å². The molecule has 1 aliphatic heterocycles. The number of hydrogen-bond donors (Lipinski definition) is 0. The number of aliphatic imine (C=N–C) groups is 1. The summed E-state index contributed by atoms with van der Waals surface area (Å²) in [5.41, 5.74) is 3.00.